The molecule has 1 aromatic rings. The van der Waals surface area contributed by atoms with E-state index >= 15 is 0 Å². The maximum absolute atomic E-state index is 12.1. The highest BCUT2D eigenvalue weighted by atomic mass is 16.3. The smallest absolute Gasteiger partial charge is 0.237 e. The molecule has 3 N–H and O–H groups in total. The Morgan fingerprint density at radius 2 is 2.20 bits per heavy atom. The Labute approximate surface area is 120 Å². The summed E-state index contributed by atoms with van der Waals surface area (Å²) in [7, 11) is 0. The number of fused-ring (bicyclic) bond motifs is 1. The molecule has 0 aromatic heterocycles. The summed E-state index contributed by atoms with van der Waals surface area (Å²) in [5, 5.41) is 15.2. The highest BCUT2D eigenvalue weighted by Gasteiger charge is 2.23. The molecule has 2 rings (SSSR count). The van der Waals surface area contributed by atoms with E-state index < -0.39 is 0 Å². The minimum absolute atomic E-state index is 0.0798. The van der Waals surface area contributed by atoms with Crippen LogP contribution in [0.2, 0.25) is 0 Å². The largest absolute Gasteiger partial charge is 0.396 e. The molecule has 2 atom stereocenters. The van der Waals surface area contributed by atoms with Crippen LogP contribution in [-0.4, -0.2) is 30.2 Å². The quantitative estimate of drug-likeness (QED) is 0.685. The fraction of sp³-hybridized carbons (Fsp3) is 0.562. The van der Waals surface area contributed by atoms with E-state index in [1.165, 1.54) is 11.1 Å². The van der Waals surface area contributed by atoms with E-state index in [1.807, 2.05) is 19.1 Å². The number of nitrogens with one attached hydrogen (secondary N) is 2. The van der Waals surface area contributed by atoms with Gasteiger partial charge in [0.1, 0.15) is 0 Å². The summed E-state index contributed by atoms with van der Waals surface area (Å²) in [5.74, 6) is 0.391. The topological polar surface area (TPSA) is 61.4 Å². The number of carbonyl (C=O) groups excluding carboxylic acids is 1. The van der Waals surface area contributed by atoms with E-state index in [0.29, 0.717) is 12.5 Å². The molecule has 4 heteroatoms. The average molecular weight is 276 g/mol. The normalized spacial score (nSPS) is 19.2. The summed E-state index contributed by atoms with van der Waals surface area (Å²) in [4.78, 5) is 12.1. The zero-order valence-corrected chi connectivity index (χ0v) is 12.1. The van der Waals surface area contributed by atoms with Gasteiger partial charge in [0.25, 0.3) is 0 Å². The van der Waals surface area contributed by atoms with Gasteiger partial charge in [0.05, 0.1) is 6.04 Å². The highest BCUT2D eigenvalue weighted by molar-refractivity contribution is 5.82. The van der Waals surface area contributed by atoms with Gasteiger partial charge in [-0.1, -0.05) is 31.2 Å². The number of hydrogen-bond donors (Lipinski definition) is 3. The van der Waals surface area contributed by atoms with Crippen LogP contribution in [0, 0.1) is 5.92 Å². The fourth-order valence-corrected chi connectivity index (χ4v) is 2.52. The zero-order valence-electron chi connectivity index (χ0n) is 12.1. The lowest BCUT2D eigenvalue weighted by Gasteiger charge is -2.25. The maximum Gasteiger partial charge on any atom is 0.237 e. The number of benzene rings is 1. The van der Waals surface area contributed by atoms with Gasteiger partial charge in [-0.25, -0.2) is 0 Å². The summed E-state index contributed by atoms with van der Waals surface area (Å²) in [6, 6.07) is 8.13. The second kappa shape index (κ2) is 7.41. The maximum atomic E-state index is 12.1. The molecule has 0 saturated heterocycles. The molecule has 1 heterocycles. The number of aliphatic hydroxyl groups is 1. The molecule has 0 fully saturated rings. The van der Waals surface area contributed by atoms with Gasteiger partial charge in [-0.05, 0) is 36.3 Å². The van der Waals surface area contributed by atoms with Crippen LogP contribution in [0.25, 0.3) is 0 Å². The van der Waals surface area contributed by atoms with E-state index in [9.17, 15) is 4.79 Å². The van der Waals surface area contributed by atoms with Crippen molar-refractivity contribution in [3.05, 3.63) is 35.4 Å². The predicted octanol–water partition coefficient (Wildman–Crippen LogP) is 1.23. The first kappa shape index (κ1) is 15.0. The van der Waals surface area contributed by atoms with E-state index in [4.69, 9.17) is 5.11 Å². The third-order valence-corrected chi connectivity index (χ3v) is 3.88. The van der Waals surface area contributed by atoms with Crippen LogP contribution < -0.4 is 10.6 Å². The van der Waals surface area contributed by atoms with Crippen LogP contribution in [0.5, 0.6) is 0 Å². The first-order chi connectivity index (χ1) is 9.70. The van der Waals surface area contributed by atoms with Gasteiger partial charge in [0.2, 0.25) is 5.91 Å². The summed E-state index contributed by atoms with van der Waals surface area (Å²) in [6.45, 7) is 3.68. The van der Waals surface area contributed by atoms with Crippen molar-refractivity contribution >= 4 is 5.91 Å². The Morgan fingerprint density at radius 3 is 2.95 bits per heavy atom. The molecular weight excluding hydrogens is 252 g/mol. The summed E-state index contributed by atoms with van der Waals surface area (Å²) < 4.78 is 0. The van der Waals surface area contributed by atoms with Crippen molar-refractivity contribution in [3.8, 4) is 0 Å². The molecule has 110 valence electrons. The van der Waals surface area contributed by atoms with E-state index in [0.717, 1.165) is 25.8 Å². The van der Waals surface area contributed by atoms with Gasteiger partial charge in [-0.15, -0.1) is 0 Å². The Balaban J connectivity index is 1.74. The molecule has 4 nitrogen and oxygen atoms in total. The van der Waals surface area contributed by atoms with Crippen LogP contribution >= 0.6 is 0 Å². The lowest BCUT2D eigenvalue weighted by Crippen LogP contribution is -2.47. The number of carbonyl (C=O) groups is 1. The summed E-state index contributed by atoms with van der Waals surface area (Å²) in [6.07, 6.45) is 2.61. The molecule has 1 amide bonds. The van der Waals surface area contributed by atoms with Crippen molar-refractivity contribution in [1.29, 1.82) is 0 Å². The standard InChI is InChI=1S/C16H24N2O2/c1-12(11-19)5-4-8-17-16(20)15-9-13-6-2-3-7-14(13)10-18-15/h2-3,6-7,12,15,18-19H,4-5,8-11H2,1H3,(H,17,20). The molecule has 0 radical (unpaired) electrons. The van der Waals surface area contributed by atoms with E-state index in [-0.39, 0.29) is 18.6 Å². The molecule has 0 aliphatic carbocycles. The van der Waals surface area contributed by atoms with Crippen molar-refractivity contribution < 1.29 is 9.90 Å². The Kier molecular flexibility index (Phi) is 5.56. The van der Waals surface area contributed by atoms with Crippen molar-refractivity contribution in [3.63, 3.8) is 0 Å². The minimum atomic E-state index is -0.125. The SMILES string of the molecule is CC(CO)CCCNC(=O)C1Cc2ccccc2CN1. The summed E-state index contributed by atoms with van der Waals surface area (Å²) in [5.41, 5.74) is 2.55. The molecule has 1 aromatic carbocycles. The number of hydrogen-bond acceptors (Lipinski definition) is 3. The second-order valence-electron chi connectivity index (χ2n) is 5.63. The lowest BCUT2D eigenvalue weighted by molar-refractivity contribution is -0.123. The van der Waals surface area contributed by atoms with E-state index in [1.54, 1.807) is 0 Å². The molecule has 2 unspecified atom stereocenters. The van der Waals surface area contributed by atoms with Gasteiger partial charge in [-0.2, -0.15) is 0 Å². The van der Waals surface area contributed by atoms with Crippen LogP contribution in [0.15, 0.2) is 24.3 Å². The molecular formula is C16H24N2O2. The predicted molar refractivity (Wildman–Crippen MR) is 79.3 cm³/mol. The first-order valence-electron chi connectivity index (χ1n) is 7.39. The Bertz CT molecular complexity index is 448. The number of rotatable bonds is 6. The second-order valence-corrected chi connectivity index (χ2v) is 5.63. The van der Waals surface area contributed by atoms with Crippen molar-refractivity contribution in [2.75, 3.05) is 13.2 Å². The van der Waals surface area contributed by atoms with Crippen molar-refractivity contribution in [2.45, 2.75) is 38.8 Å². The van der Waals surface area contributed by atoms with Crippen molar-refractivity contribution in [2.24, 2.45) is 5.92 Å². The number of amides is 1. The van der Waals surface area contributed by atoms with Crippen LogP contribution in [0.1, 0.15) is 30.9 Å². The monoisotopic (exact) mass is 276 g/mol. The van der Waals surface area contributed by atoms with Gasteiger partial charge >= 0.3 is 0 Å². The molecule has 0 spiro atoms. The fourth-order valence-electron chi connectivity index (χ4n) is 2.52. The third kappa shape index (κ3) is 4.05. The molecule has 1 aliphatic rings. The van der Waals surface area contributed by atoms with E-state index in [2.05, 4.69) is 22.8 Å². The average Bonchev–Trinajstić information content (AvgIpc) is 2.50. The van der Waals surface area contributed by atoms with Gasteiger partial charge < -0.3 is 15.7 Å². The zero-order chi connectivity index (χ0) is 14.4. The van der Waals surface area contributed by atoms with Crippen molar-refractivity contribution in [1.82, 2.24) is 10.6 Å². The van der Waals surface area contributed by atoms with Crippen LogP contribution in [-0.2, 0) is 17.8 Å². The third-order valence-electron chi connectivity index (χ3n) is 3.88. The van der Waals surface area contributed by atoms with Crippen LogP contribution in [0.4, 0.5) is 0 Å². The van der Waals surface area contributed by atoms with Gasteiger partial charge in [-0.3, -0.25) is 4.79 Å². The first-order valence-corrected chi connectivity index (χ1v) is 7.39. The Hall–Kier alpha value is -1.39. The summed E-state index contributed by atoms with van der Waals surface area (Å²) >= 11 is 0. The highest BCUT2D eigenvalue weighted by Crippen LogP contribution is 2.16. The molecule has 20 heavy (non-hydrogen) atoms. The van der Waals surface area contributed by atoms with Crippen LogP contribution in [0.3, 0.4) is 0 Å². The van der Waals surface area contributed by atoms with Gasteiger partial charge in [0.15, 0.2) is 0 Å². The molecule has 1 aliphatic heterocycles. The van der Waals surface area contributed by atoms with Gasteiger partial charge in [0, 0.05) is 19.7 Å². The molecule has 0 saturated carbocycles. The number of aliphatic hydroxyl groups excluding tert-OH is 1. The molecule has 0 bridgehead atoms. The lowest BCUT2D eigenvalue weighted by atomic mass is 9.95. The minimum Gasteiger partial charge on any atom is -0.396 e. The Morgan fingerprint density at radius 1 is 1.45 bits per heavy atom.